The summed E-state index contributed by atoms with van der Waals surface area (Å²) in [5.41, 5.74) is 1.25. The standard InChI is InChI=1S/C13H21N3.C2H6/c1-3-4-12-9-14-13(15-10-12)16-7-5-11(2)6-8-16;1-2/h9-11H,3-8H2,1-2H3;1-2H3. The van der Waals surface area contributed by atoms with Gasteiger partial charge in [-0.25, -0.2) is 9.97 Å². The van der Waals surface area contributed by atoms with Crippen molar-refractivity contribution in [3.8, 4) is 0 Å². The summed E-state index contributed by atoms with van der Waals surface area (Å²) in [5.74, 6) is 1.77. The molecule has 1 aromatic rings. The number of rotatable bonds is 3. The number of anilines is 1. The minimum absolute atomic E-state index is 0.857. The molecule has 0 amide bonds. The summed E-state index contributed by atoms with van der Waals surface area (Å²) < 4.78 is 0. The highest BCUT2D eigenvalue weighted by atomic mass is 15.2. The lowest BCUT2D eigenvalue weighted by atomic mass is 10.00. The number of nitrogens with zero attached hydrogens (tertiary/aromatic N) is 3. The first kappa shape index (κ1) is 14.9. The van der Waals surface area contributed by atoms with Gasteiger partial charge in [-0.3, -0.25) is 0 Å². The summed E-state index contributed by atoms with van der Waals surface area (Å²) in [6, 6.07) is 0. The monoisotopic (exact) mass is 249 g/mol. The summed E-state index contributed by atoms with van der Waals surface area (Å²) in [6.45, 7) is 10.7. The number of piperidine rings is 1. The summed E-state index contributed by atoms with van der Waals surface area (Å²) >= 11 is 0. The van der Waals surface area contributed by atoms with Crippen LogP contribution in [0.1, 0.15) is 52.5 Å². The van der Waals surface area contributed by atoms with Gasteiger partial charge in [0.05, 0.1) is 0 Å². The fourth-order valence-electron chi connectivity index (χ4n) is 2.14. The van der Waals surface area contributed by atoms with Crippen LogP contribution in [-0.2, 0) is 6.42 Å². The molecule has 0 unspecified atom stereocenters. The van der Waals surface area contributed by atoms with Crippen molar-refractivity contribution >= 4 is 5.95 Å². The van der Waals surface area contributed by atoms with Crippen molar-refractivity contribution in [2.45, 2.75) is 53.4 Å². The molecule has 1 aliphatic heterocycles. The van der Waals surface area contributed by atoms with Crippen molar-refractivity contribution in [1.29, 1.82) is 0 Å². The van der Waals surface area contributed by atoms with Gasteiger partial charge in [0.15, 0.2) is 0 Å². The molecule has 1 fully saturated rings. The Labute approximate surface area is 112 Å². The minimum atomic E-state index is 0.857. The Kier molecular flexibility index (Phi) is 6.69. The molecule has 1 aliphatic rings. The van der Waals surface area contributed by atoms with Gasteiger partial charge in [0.1, 0.15) is 0 Å². The van der Waals surface area contributed by atoms with E-state index in [1.165, 1.54) is 18.4 Å². The van der Waals surface area contributed by atoms with Crippen molar-refractivity contribution in [1.82, 2.24) is 9.97 Å². The van der Waals surface area contributed by atoms with E-state index in [9.17, 15) is 0 Å². The van der Waals surface area contributed by atoms with Gasteiger partial charge in [-0.1, -0.05) is 34.1 Å². The third kappa shape index (κ3) is 4.28. The summed E-state index contributed by atoms with van der Waals surface area (Å²) in [4.78, 5) is 11.2. The average Bonchev–Trinajstić information content (AvgIpc) is 2.43. The molecule has 0 saturated carbocycles. The van der Waals surface area contributed by atoms with Gasteiger partial charge in [-0.05, 0) is 30.7 Å². The lowest BCUT2D eigenvalue weighted by Gasteiger charge is -2.30. The van der Waals surface area contributed by atoms with E-state index in [4.69, 9.17) is 0 Å². The summed E-state index contributed by atoms with van der Waals surface area (Å²) in [7, 11) is 0. The molecule has 0 radical (unpaired) electrons. The fourth-order valence-corrected chi connectivity index (χ4v) is 2.14. The molecule has 102 valence electrons. The predicted octanol–water partition coefficient (Wildman–Crippen LogP) is 3.69. The lowest BCUT2D eigenvalue weighted by molar-refractivity contribution is 0.434. The first-order valence-electron chi connectivity index (χ1n) is 7.35. The highest BCUT2D eigenvalue weighted by Crippen LogP contribution is 2.19. The minimum Gasteiger partial charge on any atom is -0.341 e. The normalized spacial score (nSPS) is 16.1. The van der Waals surface area contributed by atoms with Crippen LogP contribution in [0.5, 0.6) is 0 Å². The van der Waals surface area contributed by atoms with Gasteiger partial charge in [0, 0.05) is 25.5 Å². The molecule has 0 atom stereocenters. The maximum Gasteiger partial charge on any atom is 0.225 e. The Morgan fingerprint density at radius 2 is 1.72 bits per heavy atom. The van der Waals surface area contributed by atoms with Crippen LogP contribution in [0.2, 0.25) is 0 Å². The van der Waals surface area contributed by atoms with Gasteiger partial charge in [-0.15, -0.1) is 0 Å². The fraction of sp³-hybridized carbons (Fsp3) is 0.733. The Bertz CT molecular complexity index is 313. The Morgan fingerprint density at radius 3 is 2.22 bits per heavy atom. The summed E-state index contributed by atoms with van der Waals surface area (Å²) in [5, 5.41) is 0. The number of aryl methyl sites for hydroxylation is 1. The molecule has 0 bridgehead atoms. The zero-order valence-electron chi connectivity index (χ0n) is 12.3. The van der Waals surface area contributed by atoms with E-state index in [1.54, 1.807) is 0 Å². The SMILES string of the molecule is CC.CCCc1cnc(N2CCC(C)CC2)nc1. The second-order valence-electron chi connectivity index (χ2n) is 4.81. The van der Waals surface area contributed by atoms with Crippen LogP contribution >= 0.6 is 0 Å². The molecule has 0 spiro atoms. The van der Waals surface area contributed by atoms with Crippen LogP contribution in [-0.4, -0.2) is 23.1 Å². The van der Waals surface area contributed by atoms with E-state index >= 15 is 0 Å². The van der Waals surface area contributed by atoms with Crippen LogP contribution in [0, 0.1) is 5.92 Å². The first-order valence-corrected chi connectivity index (χ1v) is 7.35. The van der Waals surface area contributed by atoms with Crippen molar-refractivity contribution in [3.05, 3.63) is 18.0 Å². The Morgan fingerprint density at radius 1 is 1.17 bits per heavy atom. The van der Waals surface area contributed by atoms with Crippen molar-refractivity contribution in [3.63, 3.8) is 0 Å². The van der Waals surface area contributed by atoms with Crippen molar-refractivity contribution in [2.75, 3.05) is 18.0 Å². The van der Waals surface area contributed by atoms with Gasteiger partial charge in [-0.2, -0.15) is 0 Å². The lowest BCUT2D eigenvalue weighted by Crippen LogP contribution is -2.34. The maximum absolute atomic E-state index is 4.46. The molecule has 2 rings (SSSR count). The van der Waals surface area contributed by atoms with E-state index in [1.807, 2.05) is 26.2 Å². The molecule has 3 nitrogen and oxygen atoms in total. The first-order chi connectivity index (χ1) is 8.79. The van der Waals surface area contributed by atoms with Crippen molar-refractivity contribution < 1.29 is 0 Å². The van der Waals surface area contributed by atoms with E-state index in [0.717, 1.165) is 37.8 Å². The molecule has 0 aliphatic carbocycles. The molecule has 0 aromatic carbocycles. The number of hydrogen-bond acceptors (Lipinski definition) is 3. The van der Waals surface area contributed by atoms with E-state index in [0.29, 0.717) is 0 Å². The van der Waals surface area contributed by atoms with Gasteiger partial charge >= 0.3 is 0 Å². The Hall–Kier alpha value is -1.12. The average molecular weight is 249 g/mol. The van der Waals surface area contributed by atoms with Crippen molar-refractivity contribution in [2.24, 2.45) is 5.92 Å². The van der Waals surface area contributed by atoms with Crippen LogP contribution in [0.25, 0.3) is 0 Å². The molecule has 2 heterocycles. The van der Waals surface area contributed by atoms with Crippen LogP contribution < -0.4 is 4.90 Å². The molecule has 18 heavy (non-hydrogen) atoms. The maximum atomic E-state index is 4.46. The van der Waals surface area contributed by atoms with Crippen LogP contribution in [0.15, 0.2) is 12.4 Å². The van der Waals surface area contributed by atoms with Gasteiger partial charge < -0.3 is 4.90 Å². The van der Waals surface area contributed by atoms with Gasteiger partial charge in [0.25, 0.3) is 0 Å². The van der Waals surface area contributed by atoms with Crippen LogP contribution in [0.4, 0.5) is 5.95 Å². The van der Waals surface area contributed by atoms with E-state index < -0.39 is 0 Å². The topological polar surface area (TPSA) is 29.0 Å². The predicted molar refractivity (Wildman–Crippen MR) is 78.0 cm³/mol. The van der Waals surface area contributed by atoms with E-state index in [-0.39, 0.29) is 0 Å². The second kappa shape index (κ2) is 8.06. The smallest absolute Gasteiger partial charge is 0.225 e. The molecular weight excluding hydrogens is 222 g/mol. The largest absolute Gasteiger partial charge is 0.341 e. The van der Waals surface area contributed by atoms with E-state index in [2.05, 4.69) is 28.7 Å². The molecular formula is C15H27N3. The highest BCUT2D eigenvalue weighted by Gasteiger charge is 2.17. The molecule has 3 heteroatoms. The third-order valence-electron chi connectivity index (χ3n) is 3.30. The number of aromatic nitrogens is 2. The van der Waals surface area contributed by atoms with Gasteiger partial charge in [0.2, 0.25) is 5.95 Å². The highest BCUT2D eigenvalue weighted by molar-refractivity contribution is 5.30. The Balaban J connectivity index is 0.000000771. The quantitative estimate of drug-likeness (QED) is 0.818. The zero-order valence-corrected chi connectivity index (χ0v) is 12.3. The van der Waals surface area contributed by atoms with Crippen LogP contribution in [0.3, 0.4) is 0 Å². The number of hydrogen-bond donors (Lipinski definition) is 0. The summed E-state index contributed by atoms with van der Waals surface area (Å²) in [6.07, 6.45) is 8.72. The molecule has 0 N–H and O–H groups in total. The zero-order chi connectivity index (χ0) is 13.4. The molecule has 1 saturated heterocycles. The second-order valence-corrected chi connectivity index (χ2v) is 4.81. The molecule has 1 aromatic heterocycles. The third-order valence-corrected chi connectivity index (χ3v) is 3.30.